The summed E-state index contributed by atoms with van der Waals surface area (Å²) in [6.45, 7) is 0. The van der Waals surface area contributed by atoms with Crippen LogP contribution in [0.15, 0.2) is 28.7 Å². The van der Waals surface area contributed by atoms with E-state index in [0.29, 0.717) is 11.7 Å². The fraction of sp³-hybridized carbons (Fsp3) is 0.333. The van der Waals surface area contributed by atoms with E-state index >= 15 is 0 Å². The lowest BCUT2D eigenvalue weighted by molar-refractivity contribution is 0.416. The highest BCUT2D eigenvalue weighted by Crippen LogP contribution is 2.41. The third-order valence-corrected chi connectivity index (χ3v) is 3.89. The van der Waals surface area contributed by atoms with Crippen LogP contribution in [0.4, 0.5) is 5.82 Å². The summed E-state index contributed by atoms with van der Waals surface area (Å²) in [6.07, 6.45) is 2.43. The maximum Gasteiger partial charge on any atom is 0.165 e. The first-order valence-corrected chi connectivity index (χ1v) is 7.41. The highest BCUT2D eigenvalue weighted by atomic mass is 79.9. The summed E-state index contributed by atoms with van der Waals surface area (Å²) in [4.78, 5) is 9.27. The van der Waals surface area contributed by atoms with Crippen molar-refractivity contribution in [3.05, 3.63) is 34.4 Å². The highest BCUT2D eigenvalue weighted by molar-refractivity contribution is 9.10. The number of anilines is 1. The summed E-state index contributed by atoms with van der Waals surface area (Å²) in [6, 6.07) is 7.90. The Kier molecular flexibility index (Phi) is 3.61. The number of nitrogens with one attached hydrogen (secondary N) is 1. The molecule has 5 heteroatoms. The minimum Gasteiger partial charge on any atom is -0.496 e. The van der Waals surface area contributed by atoms with Crippen LogP contribution in [0.5, 0.6) is 5.75 Å². The van der Waals surface area contributed by atoms with Crippen molar-refractivity contribution in [2.75, 3.05) is 19.5 Å². The molecule has 0 atom stereocenters. The van der Waals surface area contributed by atoms with Gasteiger partial charge in [-0.05, 0) is 31.0 Å². The average molecular weight is 334 g/mol. The minimum atomic E-state index is 0.585. The molecule has 0 saturated heterocycles. The number of aromatic nitrogens is 2. The molecule has 1 N–H and O–H groups in total. The predicted octanol–water partition coefficient (Wildman–Crippen LogP) is 3.83. The van der Waals surface area contributed by atoms with Gasteiger partial charge in [0, 0.05) is 29.2 Å². The van der Waals surface area contributed by atoms with E-state index in [1.54, 1.807) is 7.11 Å². The number of nitrogens with zero attached hydrogens (tertiary/aromatic N) is 2. The van der Waals surface area contributed by atoms with Crippen molar-refractivity contribution >= 4 is 21.7 Å². The summed E-state index contributed by atoms with van der Waals surface area (Å²) >= 11 is 3.49. The molecule has 0 bridgehead atoms. The van der Waals surface area contributed by atoms with Gasteiger partial charge in [0.15, 0.2) is 5.82 Å². The normalized spacial score (nSPS) is 14.2. The second-order valence-electron chi connectivity index (χ2n) is 4.87. The van der Waals surface area contributed by atoms with E-state index in [0.717, 1.165) is 27.3 Å². The van der Waals surface area contributed by atoms with E-state index in [1.807, 2.05) is 31.3 Å². The smallest absolute Gasteiger partial charge is 0.165 e. The molecule has 3 rings (SSSR count). The molecule has 0 spiro atoms. The monoisotopic (exact) mass is 333 g/mol. The molecular weight excluding hydrogens is 318 g/mol. The topological polar surface area (TPSA) is 47.0 Å². The molecule has 1 heterocycles. The number of halogens is 1. The van der Waals surface area contributed by atoms with Gasteiger partial charge in [0.25, 0.3) is 0 Å². The van der Waals surface area contributed by atoms with E-state index < -0.39 is 0 Å². The number of rotatable bonds is 4. The maximum atomic E-state index is 5.42. The Morgan fingerprint density at radius 3 is 2.70 bits per heavy atom. The number of hydrogen-bond acceptors (Lipinski definition) is 4. The number of methoxy groups -OCH3 is 1. The van der Waals surface area contributed by atoms with E-state index in [1.165, 1.54) is 12.8 Å². The molecule has 2 aromatic rings. The highest BCUT2D eigenvalue weighted by Gasteiger charge is 2.26. The van der Waals surface area contributed by atoms with Crippen molar-refractivity contribution < 1.29 is 4.74 Å². The van der Waals surface area contributed by atoms with Crippen LogP contribution in [-0.2, 0) is 0 Å². The summed E-state index contributed by atoms with van der Waals surface area (Å²) in [5.41, 5.74) is 2.02. The van der Waals surface area contributed by atoms with Gasteiger partial charge < -0.3 is 10.1 Å². The number of ether oxygens (including phenoxy) is 1. The predicted molar refractivity (Wildman–Crippen MR) is 83.2 cm³/mol. The molecule has 1 aliphatic rings. The summed E-state index contributed by atoms with van der Waals surface area (Å²) in [7, 11) is 3.54. The van der Waals surface area contributed by atoms with Gasteiger partial charge in [0.2, 0.25) is 0 Å². The molecule has 104 valence electrons. The van der Waals surface area contributed by atoms with Crippen LogP contribution >= 0.6 is 15.9 Å². The molecule has 1 aromatic carbocycles. The van der Waals surface area contributed by atoms with Crippen LogP contribution in [-0.4, -0.2) is 24.1 Å². The van der Waals surface area contributed by atoms with Gasteiger partial charge in [-0.3, -0.25) is 0 Å². The van der Waals surface area contributed by atoms with Crippen molar-refractivity contribution in [2.24, 2.45) is 0 Å². The van der Waals surface area contributed by atoms with Crippen molar-refractivity contribution in [3.63, 3.8) is 0 Å². The Morgan fingerprint density at radius 2 is 2.05 bits per heavy atom. The maximum absolute atomic E-state index is 5.42. The molecule has 1 fully saturated rings. The lowest BCUT2D eigenvalue weighted by Crippen LogP contribution is -2.01. The van der Waals surface area contributed by atoms with Crippen LogP contribution in [0.25, 0.3) is 11.4 Å². The van der Waals surface area contributed by atoms with Gasteiger partial charge in [0.1, 0.15) is 11.6 Å². The molecular formula is C15H16BrN3O. The SMILES string of the molecule is CNc1cc(C2CC2)nc(-c2cc(Br)ccc2OC)n1. The second kappa shape index (κ2) is 5.40. The number of hydrogen-bond donors (Lipinski definition) is 1. The van der Waals surface area contributed by atoms with Crippen molar-refractivity contribution in [2.45, 2.75) is 18.8 Å². The second-order valence-corrected chi connectivity index (χ2v) is 5.79. The van der Waals surface area contributed by atoms with Gasteiger partial charge in [0.05, 0.1) is 12.7 Å². The quantitative estimate of drug-likeness (QED) is 0.923. The molecule has 1 saturated carbocycles. The average Bonchev–Trinajstić information content (AvgIpc) is 3.31. The van der Waals surface area contributed by atoms with E-state index in [-0.39, 0.29) is 0 Å². The summed E-state index contributed by atoms with van der Waals surface area (Å²) < 4.78 is 6.41. The standard InChI is InChI=1S/C15H16BrN3O/c1-17-14-8-12(9-3-4-9)18-15(19-14)11-7-10(16)5-6-13(11)20-2/h5-9H,3-4H2,1-2H3,(H,17,18,19). The van der Waals surface area contributed by atoms with Gasteiger partial charge in [-0.25, -0.2) is 9.97 Å². The fourth-order valence-electron chi connectivity index (χ4n) is 2.16. The molecule has 0 radical (unpaired) electrons. The first-order chi connectivity index (χ1) is 9.71. The molecule has 1 aromatic heterocycles. The molecule has 20 heavy (non-hydrogen) atoms. The molecule has 0 unspecified atom stereocenters. The Morgan fingerprint density at radius 1 is 1.25 bits per heavy atom. The molecule has 4 nitrogen and oxygen atoms in total. The summed E-state index contributed by atoms with van der Waals surface area (Å²) in [5, 5.41) is 3.11. The number of benzene rings is 1. The molecule has 0 amide bonds. The Hall–Kier alpha value is -1.62. The van der Waals surface area contributed by atoms with Crippen molar-refractivity contribution in [1.82, 2.24) is 9.97 Å². The van der Waals surface area contributed by atoms with E-state index in [2.05, 4.69) is 26.2 Å². The van der Waals surface area contributed by atoms with Gasteiger partial charge in [-0.15, -0.1) is 0 Å². The Bertz CT molecular complexity index is 641. The van der Waals surface area contributed by atoms with E-state index in [4.69, 9.17) is 9.72 Å². The Balaban J connectivity index is 2.13. The van der Waals surface area contributed by atoms with Crippen LogP contribution in [0.2, 0.25) is 0 Å². The molecule has 0 aliphatic heterocycles. The lowest BCUT2D eigenvalue weighted by Gasteiger charge is -2.11. The van der Waals surface area contributed by atoms with Crippen molar-refractivity contribution in [1.29, 1.82) is 0 Å². The third-order valence-electron chi connectivity index (χ3n) is 3.40. The van der Waals surface area contributed by atoms with Crippen molar-refractivity contribution in [3.8, 4) is 17.1 Å². The largest absolute Gasteiger partial charge is 0.496 e. The van der Waals surface area contributed by atoms with Crippen LogP contribution in [0.3, 0.4) is 0 Å². The zero-order valence-electron chi connectivity index (χ0n) is 11.5. The lowest BCUT2D eigenvalue weighted by atomic mass is 10.1. The zero-order chi connectivity index (χ0) is 14.1. The van der Waals surface area contributed by atoms with Crippen LogP contribution in [0, 0.1) is 0 Å². The fourth-order valence-corrected chi connectivity index (χ4v) is 2.52. The van der Waals surface area contributed by atoms with Crippen LogP contribution < -0.4 is 10.1 Å². The van der Waals surface area contributed by atoms with E-state index in [9.17, 15) is 0 Å². The molecule has 1 aliphatic carbocycles. The van der Waals surface area contributed by atoms with Gasteiger partial charge in [-0.2, -0.15) is 0 Å². The minimum absolute atomic E-state index is 0.585. The first-order valence-electron chi connectivity index (χ1n) is 6.62. The van der Waals surface area contributed by atoms with Crippen LogP contribution in [0.1, 0.15) is 24.5 Å². The Labute approximate surface area is 126 Å². The van der Waals surface area contributed by atoms with Gasteiger partial charge >= 0.3 is 0 Å². The zero-order valence-corrected chi connectivity index (χ0v) is 13.1. The summed E-state index contributed by atoms with van der Waals surface area (Å²) in [5.74, 6) is 2.92. The first kappa shape index (κ1) is 13.4. The van der Waals surface area contributed by atoms with Gasteiger partial charge in [-0.1, -0.05) is 15.9 Å². The third kappa shape index (κ3) is 2.63.